The van der Waals surface area contributed by atoms with Crippen molar-refractivity contribution in [3.05, 3.63) is 0 Å². The van der Waals surface area contributed by atoms with Crippen LogP contribution in [0, 0.1) is 0 Å². The molecule has 1 saturated heterocycles. The second kappa shape index (κ2) is 5.66. The van der Waals surface area contributed by atoms with Crippen molar-refractivity contribution in [3.8, 4) is 0 Å². The van der Waals surface area contributed by atoms with Crippen LogP contribution in [0.15, 0.2) is 0 Å². The van der Waals surface area contributed by atoms with Crippen LogP contribution in [0.4, 0.5) is 4.79 Å². The molecule has 2 atom stereocenters. The minimum Gasteiger partial charge on any atom is -0.480 e. The highest BCUT2D eigenvalue weighted by Crippen LogP contribution is 2.20. The zero-order valence-corrected chi connectivity index (χ0v) is 8.96. The van der Waals surface area contributed by atoms with Crippen molar-refractivity contribution in [1.82, 2.24) is 4.90 Å². The Labute approximate surface area is 92.6 Å². The maximum atomic E-state index is 10.8. The van der Waals surface area contributed by atoms with Gasteiger partial charge in [-0.3, -0.25) is 4.90 Å². The molecule has 0 saturated carbocycles. The number of carbonyl (C=O) groups is 2. The lowest BCUT2D eigenvalue weighted by atomic mass is 10.2. The van der Waals surface area contributed by atoms with Crippen molar-refractivity contribution in [2.75, 3.05) is 26.9 Å². The Balaban J connectivity index is 2.48. The van der Waals surface area contributed by atoms with Gasteiger partial charge in [0, 0.05) is 13.5 Å². The van der Waals surface area contributed by atoms with E-state index in [1.165, 1.54) is 7.11 Å². The van der Waals surface area contributed by atoms with Crippen LogP contribution in [0.1, 0.15) is 6.42 Å². The number of carboxylic acids is 1. The summed E-state index contributed by atoms with van der Waals surface area (Å²) in [5.74, 6) is -1.14. The Bertz CT molecular complexity index is 247. The van der Waals surface area contributed by atoms with Crippen LogP contribution in [0.25, 0.3) is 0 Å². The fourth-order valence-corrected chi connectivity index (χ4v) is 1.66. The minimum absolute atomic E-state index is 0.0933. The van der Waals surface area contributed by atoms with E-state index in [4.69, 9.17) is 19.7 Å². The molecule has 7 nitrogen and oxygen atoms in total. The SMILES string of the molecule is COCCOC1C[C@H](C(=O)O)N(C(=O)O)C1. The van der Waals surface area contributed by atoms with Gasteiger partial charge in [0.05, 0.1) is 25.9 Å². The van der Waals surface area contributed by atoms with Gasteiger partial charge < -0.3 is 19.7 Å². The first-order valence-corrected chi connectivity index (χ1v) is 4.89. The Morgan fingerprint density at radius 1 is 1.38 bits per heavy atom. The van der Waals surface area contributed by atoms with Crippen molar-refractivity contribution < 1.29 is 29.3 Å². The van der Waals surface area contributed by atoms with Gasteiger partial charge in [-0.25, -0.2) is 9.59 Å². The fraction of sp³-hybridized carbons (Fsp3) is 0.778. The molecule has 16 heavy (non-hydrogen) atoms. The summed E-state index contributed by atoms with van der Waals surface area (Å²) in [6.45, 7) is 0.832. The maximum Gasteiger partial charge on any atom is 0.408 e. The van der Waals surface area contributed by atoms with Gasteiger partial charge in [-0.05, 0) is 0 Å². The second-order valence-corrected chi connectivity index (χ2v) is 3.51. The number of methoxy groups -OCH3 is 1. The molecule has 1 amide bonds. The van der Waals surface area contributed by atoms with E-state index in [-0.39, 0.29) is 19.1 Å². The smallest absolute Gasteiger partial charge is 0.408 e. The molecule has 0 aromatic rings. The van der Waals surface area contributed by atoms with Crippen molar-refractivity contribution in [2.45, 2.75) is 18.6 Å². The predicted molar refractivity (Wildman–Crippen MR) is 52.4 cm³/mol. The van der Waals surface area contributed by atoms with E-state index < -0.39 is 18.1 Å². The number of hydrogen-bond acceptors (Lipinski definition) is 4. The van der Waals surface area contributed by atoms with Gasteiger partial charge >= 0.3 is 12.1 Å². The maximum absolute atomic E-state index is 10.8. The summed E-state index contributed by atoms with van der Waals surface area (Å²) in [6, 6.07) is -1.01. The van der Waals surface area contributed by atoms with E-state index in [0.29, 0.717) is 13.2 Å². The second-order valence-electron chi connectivity index (χ2n) is 3.51. The highest BCUT2D eigenvalue weighted by Gasteiger charge is 2.40. The largest absolute Gasteiger partial charge is 0.480 e. The first-order valence-electron chi connectivity index (χ1n) is 4.89. The molecule has 0 aromatic heterocycles. The molecule has 0 aromatic carbocycles. The molecule has 1 unspecified atom stereocenters. The third kappa shape index (κ3) is 3.07. The lowest BCUT2D eigenvalue weighted by molar-refractivity contribution is -0.141. The van der Waals surface area contributed by atoms with E-state index in [0.717, 1.165) is 4.90 Å². The van der Waals surface area contributed by atoms with E-state index in [9.17, 15) is 9.59 Å². The summed E-state index contributed by atoms with van der Waals surface area (Å²) in [6.07, 6.45) is -1.41. The predicted octanol–water partition coefficient (Wildman–Crippen LogP) is -0.145. The molecule has 92 valence electrons. The number of nitrogens with zero attached hydrogens (tertiary/aromatic N) is 1. The molecule has 0 spiro atoms. The number of hydrogen-bond donors (Lipinski definition) is 2. The van der Waals surface area contributed by atoms with Crippen LogP contribution in [0.2, 0.25) is 0 Å². The standard InChI is InChI=1S/C9H15NO6/c1-15-2-3-16-6-4-7(8(11)12)10(5-6)9(13)14/h6-7H,2-5H2,1H3,(H,11,12)(H,13,14)/t6?,7-/m1/s1. The van der Waals surface area contributed by atoms with Gasteiger partial charge in [-0.2, -0.15) is 0 Å². The van der Waals surface area contributed by atoms with Gasteiger partial charge in [0.15, 0.2) is 0 Å². The molecule has 1 heterocycles. The fourth-order valence-electron chi connectivity index (χ4n) is 1.66. The van der Waals surface area contributed by atoms with E-state index in [1.54, 1.807) is 0 Å². The molecule has 0 radical (unpaired) electrons. The number of likely N-dealkylation sites (tertiary alicyclic amines) is 1. The zero-order valence-electron chi connectivity index (χ0n) is 8.96. The Hall–Kier alpha value is -1.34. The lowest BCUT2D eigenvalue weighted by Crippen LogP contribution is -2.39. The third-order valence-electron chi connectivity index (χ3n) is 2.43. The number of rotatable bonds is 5. The van der Waals surface area contributed by atoms with E-state index in [2.05, 4.69) is 0 Å². The molecule has 2 N–H and O–H groups in total. The summed E-state index contributed by atoms with van der Waals surface area (Å²) >= 11 is 0. The van der Waals surface area contributed by atoms with Gasteiger partial charge in [-0.15, -0.1) is 0 Å². The van der Waals surface area contributed by atoms with E-state index >= 15 is 0 Å². The average molecular weight is 233 g/mol. The molecule has 7 heteroatoms. The number of ether oxygens (including phenoxy) is 2. The topological polar surface area (TPSA) is 96.3 Å². The van der Waals surface area contributed by atoms with Crippen LogP contribution in [-0.2, 0) is 14.3 Å². The van der Waals surface area contributed by atoms with E-state index in [1.807, 2.05) is 0 Å². The lowest BCUT2D eigenvalue weighted by Gasteiger charge is -2.16. The zero-order chi connectivity index (χ0) is 12.1. The Morgan fingerprint density at radius 2 is 2.06 bits per heavy atom. The highest BCUT2D eigenvalue weighted by molar-refractivity contribution is 5.80. The molecular formula is C9H15NO6. The molecule has 0 bridgehead atoms. The van der Waals surface area contributed by atoms with Crippen LogP contribution in [-0.4, -0.2) is 66.2 Å². The third-order valence-corrected chi connectivity index (χ3v) is 2.43. The molecule has 1 fully saturated rings. The number of carboxylic acid groups (broad SMARTS) is 2. The van der Waals surface area contributed by atoms with Crippen LogP contribution < -0.4 is 0 Å². The monoisotopic (exact) mass is 233 g/mol. The van der Waals surface area contributed by atoms with Crippen LogP contribution in [0.3, 0.4) is 0 Å². The molecule has 1 aliphatic rings. The number of aliphatic carboxylic acids is 1. The Morgan fingerprint density at radius 3 is 2.50 bits per heavy atom. The first-order chi connectivity index (χ1) is 7.56. The summed E-state index contributed by atoms with van der Waals surface area (Å²) in [5, 5.41) is 17.6. The van der Waals surface area contributed by atoms with Crippen molar-refractivity contribution in [3.63, 3.8) is 0 Å². The molecular weight excluding hydrogens is 218 g/mol. The van der Waals surface area contributed by atoms with Crippen LogP contribution in [0.5, 0.6) is 0 Å². The summed E-state index contributed by atoms with van der Waals surface area (Å²) < 4.78 is 10.1. The van der Waals surface area contributed by atoms with Crippen LogP contribution >= 0.6 is 0 Å². The van der Waals surface area contributed by atoms with Crippen molar-refractivity contribution in [2.24, 2.45) is 0 Å². The normalized spacial score (nSPS) is 24.7. The molecule has 1 aliphatic heterocycles. The summed E-state index contributed by atoms with van der Waals surface area (Å²) in [7, 11) is 1.53. The Kier molecular flexibility index (Phi) is 4.51. The summed E-state index contributed by atoms with van der Waals surface area (Å²) in [4.78, 5) is 22.5. The number of amides is 1. The van der Waals surface area contributed by atoms with Gasteiger partial charge in [0.1, 0.15) is 6.04 Å². The quantitative estimate of drug-likeness (QED) is 0.641. The highest BCUT2D eigenvalue weighted by atomic mass is 16.5. The van der Waals surface area contributed by atoms with Gasteiger partial charge in [0.2, 0.25) is 0 Å². The van der Waals surface area contributed by atoms with Crippen molar-refractivity contribution >= 4 is 12.1 Å². The summed E-state index contributed by atoms with van der Waals surface area (Å²) in [5.41, 5.74) is 0. The van der Waals surface area contributed by atoms with Gasteiger partial charge in [0.25, 0.3) is 0 Å². The minimum atomic E-state index is -1.23. The molecule has 0 aliphatic carbocycles. The van der Waals surface area contributed by atoms with Gasteiger partial charge in [-0.1, -0.05) is 0 Å². The first kappa shape index (κ1) is 12.7. The van der Waals surface area contributed by atoms with Crippen molar-refractivity contribution in [1.29, 1.82) is 0 Å². The molecule has 1 rings (SSSR count). The average Bonchev–Trinajstić information content (AvgIpc) is 2.62.